The lowest BCUT2D eigenvalue weighted by Gasteiger charge is -2.32. The molecule has 0 spiro atoms. The average Bonchev–Trinajstić information content (AvgIpc) is 2.37. The number of nitrogens with zero attached hydrogens (tertiary/aromatic N) is 3. The molecule has 1 amide bonds. The predicted octanol–water partition coefficient (Wildman–Crippen LogP) is 0.634. The van der Waals surface area contributed by atoms with E-state index >= 15 is 0 Å². The van der Waals surface area contributed by atoms with E-state index in [-0.39, 0.29) is 18.6 Å². The zero-order valence-corrected chi connectivity index (χ0v) is 11.4. The van der Waals surface area contributed by atoms with Crippen LogP contribution in [0, 0.1) is 0 Å². The van der Waals surface area contributed by atoms with Crippen molar-refractivity contribution in [3.8, 4) is 0 Å². The molecule has 0 bridgehead atoms. The van der Waals surface area contributed by atoms with Crippen molar-refractivity contribution >= 4 is 27.8 Å². The lowest BCUT2D eigenvalue weighted by Crippen LogP contribution is -2.48. The smallest absolute Gasteiger partial charge is 0.245 e. The van der Waals surface area contributed by atoms with Crippen LogP contribution in [0.3, 0.4) is 0 Å². The fourth-order valence-corrected chi connectivity index (χ4v) is 2.16. The molecule has 0 aliphatic carbocycles. The van der Waals surface area contributed by atoms with Gasteiger partial charge in [0.05, 0.1) is 11.1 Å². The Bertz CT molecular complexity index is 410. The molecule has 0 aromatic carbocycles. The number of nitrogens with one attached hydrogen (secondary N) is 1. The molecule has 6 nitrogen and oxygen atoms in total. The van der Waals surface area contributed by atoms with Crippen LogP contribution < -0.4 is 5.32 Å². The van der Waals surface area contributed by atoms with Crippen LogP contribution in [-0.2, 0) is 4.79 Å². The van der Waals surface area contributed by atoms with Crippen LogP contribution in [0.25, 0.3) is 0 Å². The minimum absolute atomic E-state index is 0.00168. The summed E-state index contributed by atoms with van der Waals surface area (Å²) in [4.78, 5) is 21.9. The molecule has 1 saturated heterocycles. The number of piperidine rings is 1. The minimum Gasteiger partial charge on any atom is -0.395 e. The van der Waals surface area contributed by atoms with E-state index in [9.17, 15) is 4.79 Å². The molecule has 0 saturated carbocycles. The Labute approximate surface area is 114 Å². The summed E-state index contributed by atoms with van der Waals surface area (Å²) in [5.41, 5.74) is 0. The summed E-state index contributed by atoms with van der Waals surface area (Å²) in [5, 5.41) is 11.9. The highest BCUT2D eigenvalue weighted by molar-refractivity contribution is 9.10. The Morgan fingerprint density at radius 2 is 2.22 bits per heavy atom. The van der Waals surface area contributed by atoms with E-state index in [1.807, 2.05) is 0 Å². The van der Waals surface area contributed by atoms with Crippen molar-refractivity contribution in [2.45, 2.75) is 18.9 Å². The van der Waals surface area contributed by atoms with Gasteiger partial charge >= 0.3 is 0 Å². The first-order valence-electron chi connectivity index (χ1n) is 5.84. The number of likely N-dealkylation sites (tertiary alicyclic amines) is 1. The van der Waals surface area contributed by atoms with Gasteiger partial charge in [0.15, 0.2) is 0 Å². The summed E-state index contributed by atoms with van der Waals surface area (Å²) in [6, 6.07) is -0.300. The third-order valence-electron chi connectivity index (χ3n) is 2.82. The van der Waals surface area contributed by atoms with Gasteiger partial charge in [-0.05, 0) is 28.8 Å². The molecule has 1 aromatic rings. The minimum atomic E-state index is -0.300. The van der Waals surface area contributed by atoms with Gasteiger partial charge in [-0.3, -0.25) is 4.79 Å². The van der Waals surface area contributed by atoms with Gasteiger partial charge in [-0.1, -0.05) is 0 Å². The fourth-order valence-electron chi connectivity index (χ4n) is 1.96. The van der Waals surface area contributed by atoms with E-state index in [0.29, 0.717) is 19.0 Å². The number of carbonyl (C=O) groups excluding carboxylic acids is 1. The average molecular weight is 315 g/mol. The van der Waals surface area contributed by atoms with E-state index in [1.165, 1.54) is 0 Å². The van der Waals surface area contributed by atoms with E-state index < -0.39 is 0 Å². The van der Waals surface area contributed by atoms with Gasteiger partial charge in [0.25, 0.3) is 0 Å². The van der Waals surface area contributed by atoms with Crippen LogP contribution in [0.5, 0.6) is 0 Å². The number of halogens is 1. The molecule has 1 aromatic heterocycles. The first kappa shape index (κ1) is 13.2. The summed E-state index contributed by atoms with van der Waals surface area (Å²) >= 11 is 3.26. The second kappa shape index (κ2) is 6.10. The van der Waals surface area contributed by atoms with Gasteiger partial charge in [0.2, 0.25) is 11.9 Å². The largest absolute Gasteiger partial charge is 0.395 e. The maximum Gasteiger partial charge on any atom is 0.245 e. The Morgan fingerprint density at radius 3 is 2.89 bits per heavy atom. The van der Waals surface area contributed by atoms with Crippen molar-refractivity contribution in [1.29, 1.82) is 0 Å². The predicted molar refractivity (Wildman–Crippen MR) is 70.0 cm³/mol. The van der Waals surface area contributed by atoms with Crippen molar-refractivity contribution in [2.24, 2.45) is 0 Å². The lowest BCUT2D eigenvalue weighted by molar-refractivity contribution is -0.134. The highest BCUT2D eigenvalue weighted by Gasteiger charge is 2.28. The zero-order chi connectivity index (χ0) is 13.0. The molecule has 1 aliphatic rings. The number of carbonyl (C=O) groups is 1. The number of aliphatic hydroxyl groups is 1. The first-order valence-corrected chi connectivity index (χ1v) is 6.63. The Morgan fingerprint density at radius 1 is 1.50 bits per heavy atom. The third-order valence-corrected chi connectivity index (χ3v) is 3.23. The Kier molecular flexibility index (Phi) is 4.48. The molecular weight excluding hydrogens is 300 g/mol. The van der Waals surface area contributed by atoms with Gasteiger partial charge in [-0.25, -0.2) is 9.97 Å². The van der Waals surface area contributed by atoms with Gasteiger partial charge in [-0.2, -0.15) is 0 Å². The topological polar surface area (TPSA) is 78.4 Å². The second-order valence-electron chi connectivity index (χ2n) is 4.11. The SMILES string of the molecule is O=C1C(Nc2ncc(Br)cn2)CCCN1CCO. The molecular formula is C11H15BrN4O2. The summed E-state index contributed by atoms with van der Waals surface area (Å²) in [6.45, 7) is 1.09. The molecule has 98 valence electrons. The maximum atomic E-state index is 12.1. The van der Waals surface area contributed by atoms with Crippen LogP contribution in [0.15, 0.2) is 16.9 Å². The number of anilines is 1. The van der Waals surface area contributed by atoms with Gasteiger partial charge in [0.1, 0.15) is 6.04 Å². The molecule has 2 heterocycles. The van der Waals surface area contributed by atoms with Gasteiger partial charge < -0.3 is 15.3 Å². The molecule has 0 radical (unpaired) electrons. The molecule has 2 N–H and O–H groups in total. The van der Waals surface area contributed by atoms with E-state index in [1.54, 1.807) is 17.3 Å². The molecule has 1 unspecified atom stereocenters. The third kappa shape index (κ3) is 3.17. The number of aliphatic hydroxyl groups excluding tert-OH is 1. The number of β-amino-alcohol motifs (C(OH)–C–C–N with tert-alkyl or cyclic N) is 1. The zero-order valence-electron chi connectivity index (χ0n) is 9.84. The molecule has 1 atom stereocenters. The van der Waals surface area contributed by atoms with Crippen LogP contribution in [-0.4, -0.2) is 51.6 Å². The standard InChI is InChI=1S/C11H15BrN4O2/c12-8-6-13-11(14-7-8)15-9-2-1-3-16(4-5-17)10(9)18/h6-7,9,17H,1-5H2,(H,13,14,15). The Balaban J connectivity index is 2.00. The summed E-state index contributed by atoms with van der Waals surface area (Å²) in [6.07, 6.45) is 4.95. The number of rotatable bonds is 4. The number of hydrogen-bond acceptors (Lipinski definition) is 5. The lowest BCUT2D eigenvalue weighted by atomic mass is 10.1. The highest BCUT2D eigenvalue weighted by atomic mass is 79.9. The highest BCUT2D eigenvalue weighted by Crippen LogP contribution is 2.15. The number of hydrogen-bond donors (Lipinski definition) is 2. The molecule has 1 fully saturated rings. The van der Waals surface area contributed by atoms with Crippen LogP contribution in [0.4, 0.5) is 5.95 Å². The van der Waals surface area contributed by atoms with Gasteiger partial charge in [-0.15, -0.1) is 0 Å². The molecule has 18 heavy (non-hydrogen) atoms. The quantitative estimate of drug-likeness (QED) is 0.852. The summed E-state index contributed by atoms with van der Waals surface area (Å²) < 4.78 is 0.796. The summed E-state index contributed by atoms with van der Waals surface area (Å²) in [5.74, 6) is 0.448. The van der Waals surface area contributed by atoms with Crippen molar-refractivity contribution in [2.75, 3.05) is 25.0 Å². The summed E-state index contributed by atoms with van der Waals surface area (Å²) in [7, 11) is 0. The first-order chi connectivity index (χ1) is 8.70. The molecule has 2 rings (SSSR count). The number of amides is 1. The van der Waals surface area contributed by atoms with Crippen molar-refractivity contribution < 1.29 is 9.90 Å². The monoisotopic (exact) mass is 314 g/mol. The van der Waals surface area contributed by atoms with Crippen LogP contribution in [0.2, 0.25) is 0 Å². The number of aromatic nitrogens is 2. The van der Waals surface area contributed by atoms with E-state index in [0.717, 1.165) is 17.3 Å². The molecule has 7 heteroatoms. The van der Waals surface area contributed by atoms with E-state index in [2.05, 4.69) is 31.2 Å². The van der Waals surface area contributed by atoms with Crippen molar-refractivity contribution in [3.05, 3.63) is 16.9 Å². The maximum absolute atomic E-state index is 12.1. The van der Waals surface area contributed by atoms with Gasteiger partial charge in [0, 0.05) is 25.5 Å². The van der Waals surface area contributed by atoms with Crippen LogP contribution in [0.1, 0.15) is 12.8 Å². The Hall–Kier alpha value is -1.21. The van der Waals surface area contributed by atoms with Crippen LogP contribution >= 0.6 is 15.9 Å². The molecule has 1 aliphatic heterocycles. The van der Waals surface area contributed by atoms with Crippen molar-refractivity contribution in [3.63, 3.8) is 0 Å². The van der Waals surface area contributed by atoms with E-state index in [4.69, 9.17) is 5.11 Å². The normalized spacial score (nSPS) is 20.0. The van der Waals surface area contributed by atoms with Crippen molar-refractivity contribution in [1.82, 2.24) is 14.9 Å². The fraction of sp³-hybridized carbons (Fsp3) is 0.545. The second-order valence-corrected chi connectivity index (χ2v) is 5.03.